The van der Waals surface area contributed by atoms with Crippen molar-refractivity contribution in [3.63, 3.8) is 0 Å². The van der Waals surface area contributed by atoms with Crippen molar-refractivity contribution in [2.45, 2.75) is 18.8 Å². The fourth-order valence-electron chi connectivity index (χ4n) is 4.84. The molecule has 35 heavy (non-hydrogen) atoms. The third-order valence-electron chi connectivity index (χ3n) is 6.94. The van der Waals surface area contributed by atoms with Gasteiger partial charge in [-0.05, 0) is 60.7 Å². The topological polar surface area (TPSA) is 89.3 Å². The van der Waals surface area contributed by atoms with Gasteiger partial charge >= 0.3 is 0 Å². The second-order valence-electron chi connectivity index (χ2n) is 9.13. The summed E-state index contributed by atoms with van der Waals surface area (Å²) < 4.78 is 0. The number of nitrogens with one attached hydrogen (secondary N) is 1. The Morgan fingerprint density at radius 3 is 2.34 bits per heavy atom. The van der Waals surface area contributed by atoms with Gasteiger partial charge in [0.05, 0.1) is 11.6 Å². The molecular weight excluding hydrogens is 438 g/mol. The van der Waals surface area contributed by atoms with Crippen LogP contribution in [0.15, 0.2) is 72.9 Å². The van der Waals surface area contributed by atoms with E-state index >= 15 is 0 Å². The number of nitriles is 1. The highest BCUT2D eigenvalue weighted by atomic mass is 16.2. The molecule has 3 heterocycles. The number of hydrogen-bond acceptors (Lipinski definition) is 5. The monoisotopic (exact) mass is 465 g/mol. The van der Waals surface area contributed by atoms with Gasteiger partial charge < -0.3 is 15.1 Å². The maximum Gasteiger partial charge on any atom is 0.253 e. The van der Waals surface area contributed by atoms with E-state index in [1.807, 2.05) is 58.3 Å². The van der Waals surface area contributed by atoms with Gasteiger partial charge in [0.15, 0.2) is 5.69 Å². The van der Waals surface area contributed by atoms with Gasteiger partial charge in [0.25, 0.3) is 5.91 Å². The molecule has 0 aliphatic carbocycles. The van der Waals surface area contributed by atoms with Crippen molar-refractivity contribution in [2.24, 2.45) is 5.92 Å². The summed E-state index contributed by atoms with van der Waals surface area (Å²) in [6.07, 6.45) is 3.46. The van der Waals surface area contributed by atoms with Gasteiger partial charge in [-0.15, -0.1) is 0 Å². The Bertz CT molecular complexity index is 1240. The largest absolute Gasteiger partial charge is 0.367 e. The van der Waals surface area contributed by atoms with Crippen LogP contribution in [0.2, 0.25) is 0 Å². The van der Waals surface area contributed by atoms with E-state index in [4.69, 9.17) is 0 Å². The lowest BCUT2D eigenvalue weighted by molar-refractivity contribution is -0.120. The van der Waals surface area contributed by atoms with Gasteiger partial charge in [0, 0.05) is 43.6 Å². The molecule has 0 unspecified atom stereocenters. The predicted octanol–water partition coefficient (Wildman–Crippen LogP) is 4.05. The van der Waals surface area contributed by atoms with Gasteiger partial charge in [-0.2, -0.15) is 5.26 Å². The molecule has 1 aromatic heterocycles. The number of anilines is 2. The minimum Gasteiger partial charge on any atom is -0.367 e. The van der Waals surface area contributed by atoms with Gasteiger partial charge in [-0.3, -0.25) is 9.59 Å². The molecule has 2 aliphatic rings. The van der Waals surface area contributed by atoms with E-state index in [0.717, 1.165) is 42.9 Å². The maximum atomic E-state index is 12.7. The number of carbonyl (C=O) groups is 2. The summed E-state index contributed by atoms with van der Waals surface area (Å²) >= 11 is 0. The molecule has 3 aromatic rings. The van der Waals surface area contributed by atoms with Crippen LogP contribution >= 0.6 is 0 Å². The molecule has 7 heteroatoms. The fourth-order valence-corrected chi connectivity index (χ4v) is 4.84. The van der Waals surface area contributed by atoms with Crippen molar-refractivity contribution in [3.05, 3.63) is 89.7 Å². The average molecular weight is 466 g/mol. The lowest BCUT2D eigenvalue weighted by Crippen LogP contribution is -2.52. The first-order chi connectivity index (χ1) is 17.1. The fraction of sp³-hybridized carbons (Fsp3) is 0.286. The number of nitrogens with zero attached hydrogens (tertiary/aromatic N) is 4. The molecule has 0 radical (unpaired) electrons. The first-order valence-corrected chi connectivity index (χ1v) is 12.0. The maximum absolute atomic E-state index is 12.7. The SMILES string of the molecule is N#Cc1ncccc1N1CC(C(=O)Nc2ccc(C3CCN(C(=O)c4ccccc4)CC3)cc2)C1. The van der Waals surface area contributed by atoms with Crippen molar-refractivity contribution in [1.82, 2.24) is 9.88 Å². The summed E-state index contributed by atoms with van der Waals surface area (Å²) in [7, 11) is 0. The molecule has 2 aliphatic heterocycles. The number of aromatic nitrogens is 1. The molecule has 0 spiro atoms. The number of benzene rings is 2. The van der Waals surface area contributed by atoms with Gasteiger partial charge in [-0.1, -0.05) is 30.3 Å². The summed E-state index contributed by atoms with van der Waals surface area (Å²) in [5.41, 5.74) is 3.93. The highest BCUT2D eigenvalue weighted by molar-refractivity contribution is 5.95. The summed E-state index contributed by atoms with van der Waals surface area (Å²) in [5.74, 6) is 0.384. The quantitative estimate of drug-likeness (QED) is 0.614. The first-order valence-electron chi connectivity index (χ1n) is 12.0. The highest BCUT2D eigenvalue weighted by Gasteiger charge is 2.34. The Balaban J connectivity index is 1.11. The van der Waals surface area contributed by atoms with Crippen LogP contribution < -0.4 is 10.2 Å². The number of likely N-dealkylation sites (tertiary alicyclic amines) is 1. The van der Waals surface area contributed by atoms with Crippen LogP contribution in [0.25, 0.3) is 0 Å². The van der Waals surface area contributed by atoms with Crippen LogP contribution in [0, 0.1) is 17.2 Å². The molecule has 2 fully saturated rings. The molecule has 0 saturated carbocycles. The average Bonchev–Trinajstić information content (AvgIpc) is 2.89. The van der Waals surface area contributed by atoms with Crippen LogP contribution in [0.4, 0.5) is 11.4 Å². The normalized spacial score (nSPS) is 16.3. The summed E-state index contributed by atoms with van der Waals surface area (Å²) in [5, 5.41) is 12.2. The molecule has 2 saturated heterocycles. The predicted molar refractivity (Wildman–Crippen MR) is 134 cm³/mol. The Hall–Kier alpha value is -4.18. The Morgan fingerprint density at radius 2 is 1.66 bits per heavy atom. The number of carbonyl (C=O) groups excluding carboxylic acids is 2. The standard InChI is InChI=1S/C28H27N5O2/c29-17-25-26(7-4-14-30-25)33-18-23(19-33)27(34)31-24-10-8-20(9-11-24)21-12-15-32(16-13-21)28(35)22-5-2-1-3-6-22/h1-11,14,21,23H,12-13,15-16,18-19H2,(H,31,34). The lowest BCUT2D eigenvalue weighted by Gasteiger charge is -2.40. The van der Waals surface area contributed by atoms with Crippen molar-refractivity contribution in [1.29, 1.82) is 5.26 Å². The van der Waals surface area contributed by atoms with Gasteiger partial charge in [-0.25, -0.2) is 4.98 Å². The molecule has 1 N–H and O–H groups in total. The minimum atomic E-state index is -0.118. The van der Waals surface area contributed by atoms with Crippen LogP contribution in [-0.4, -0.2) is 47.9 Å². The Labute approximate surface area is 205 Å². The minimum absolute atomic E-state index is 0.0101. The zero-order chi connectivity index (χ0) is 24.2. The number of hydrogen-bond donors (Lipinski definition) is 1. The Morgan fingerprint density at radius 1 is 0.943 bits per heavy atom. The number of piperidine rings is 1. The van der Waals surface area contributed by atoms with E-state index in [9.17, 15) is 14.9 Å². The molecule has 2 aromatic carbocycles. The van der Waals surface area contributed by atoms with E-state index in [1.165, 1.54) is 5.56 Å². The smallest absolute Gasteiger partial charge is 0.253 e. The first kappa shape index (κ1) is 22.6. The third kappa shape index (κ3) is 4.87. The van der Waals surface area contributed by atoms with E-state index in [0.29, 0.717) is 24.7 Å². The Kier molecular flexibility index (Phi) is 6.44. The van der Waals surface area contributed by atoms with Crippen LogP contribution in [0.3, 0.4) is 0 Å². The van der Waals surface area contributed by atoms with Gasteiger partial charge in [0.2, 0.25) is 5.91 Å². The van der Waals surface area contributed by atoms with Gasteiger partial charge in [0.1, 0.15) is 6.07 Å². The molecule has 2 amide bonds. The molecule has 7 nitrogen and oxygen atoms in total. The summed E-state index contributed by atoms with van der Waals surface area (Å²) in [6, 6.07) is 23.3. The lowest BCUT2D eigenvalue weighted by atomic mass is 9.89. The molecule has 0 bridgehead atoms. The number of amides is 2. The van der Waals surface area contributed by atoms with Crippen molar-refractivity contribution in [2.75, 3.05) is 36.4 Å². The van der Waals surface area contributed by atoms with Crippen molar-refractivity contribution >= 4 is 23.2 Å². The second-order valence-corrected chi connectivity index (χ2v) is 9.13. The zero-order valence-electron chi connectivity index (χ0n) is 19.4. The second kappa shape index (κ2) is 9.98. The summed E-state index contributed by atoms with van der Waals surface area (Å²) in [6.45, 7) is 2.65. The molecular formula is C28H27N5O2. The molecule has 5 rings (SSSR count). The van der Waals surface area contributed by atoms with E-state index in [1.54, 1.807) is 12.3 Å². The molecule has 176 valence electrons. The number of pyridine rings is 1. The zero-order valence-corrected chi connectivity index (χ0v) is 19.4. The highest BCUT2D eigenvalue weighted by Crippen LogP contribution is 2.30. The van der Waals surface area contributed by atoms with E-state index in [-0.39, 0.29) is 17.7 Å². The van der Waals surface area contributed by atoms with E-state index < -0.39 is 0 Å². The van der Waals surface area contributed by atoms with Crippen LogP contribution in [0.5, 0.6) is 0 Å². The van der Waals surface area contributed by atoms with Crippen LogP contribution in [0.1, 0.15) is 40.4 Å². The molecule has 0 atom stereocenters. The van der Waals surface area contributed by atoms with Crippen molar-refractivity contribution < 1.29 is 9.59 Å². The number of rotatable bonds is 5. The summed E-state index contributed by atoms with van der Waals surface area (Å²) in [4.78, 5) is 33.4. The van der Waals surface area contributed by atoms with Crippen molar-refractivity contribution in [3.8, 4) is 6.07 Å². The van der Waals surface area contributed by atoms with Crippen LogP contribution in [-0.2, 0) is 4.79 Å². The third-order valence-corrected chi connectivity index (χ3v) is 6.94. The van der Waals surface area contributed by atoms with E-state index in [2.05, 4.69) is 28.5 Å².